The summed E-state index contributed by atoms with van der Waals surface area (Å²) in [4.78, 5) is 10.8. The van der Waals surface area contributed by atoms with Crippen molar-refractivity contribution in [2.45, 2.75) is 57.2 Å². The van der Waals surface area contributed by atoms with E-state index in [-0.39, 0.29) is 0 Å². The van der Waals surface area contributed by atoms with Gasteiger partial charge >= 0.3 is 6.09 Å². The van der Waals surface area contributed by atoms with Crippen molar-refractivity contribution in [2.75, 3.05) is 13.7 Å². The van der Waals surface area contributed by atoms with Crippen molar-refractivity contribution in [2.24, 2.45) is 11.7 Å². The molecule has 3 N–H and O–H groups in total. The predicted molar refractivity (Wildman–Crippen MR) is 68.1 cm³/mol. The van der Waals surface area contributed by atoms with Crippen molar-refractivity contribution in [1.82, 2.24) is 0 Å². The number of hydrogen-bond donors (Lipinski definition) is 2. The molecule has 0 radical (unpaired) electrons. The van der Waals surface area contributed by atoms with E-state index in [1.54, 1.807) is 7.11 Å². The van der Waals surface area contributed by atoms with E-state index in [0.717, 1.165) is 32.1 Å². The van der Waals surface area contributed by atoms with E-state index in [4.69, 9.17) is 15.2 Å². The van der Waals surface area contributed by atoms with Crippen LogP contribution >= 0.6 is 0 Å². The second-order valence-corrected chi connectivity index (χ2v) is 5.99. The summed E-state index contributed by atoms with van der Waals surface area (Å²) in [5, 5.41) is 10.2. The van der Waals surface area contributed by atoms with Crippen LogP contribution in [0.2, 0.25) is 0 Å². The highest BCUT2D eigenvalue weighted by atomic mass is 16.6. The van der Waals surface area contributed by atoms with E-state index in [2.05, 4.69) is 0 Å². The minimum atomic E-state index is -0.730. The van der Waals surface area contributed by atoms with Gasteiger partial charge in [-0.3, -0.25) is 0 Å². The number of rotatable bonds is 5. The number of aliphatic hydroxyl groups is 1. The van der Waals surface area contributed by atoms with Gasteiger partial charge in [0.1, 0.15) is 5.60 Å². The molecule has 1 rings (SSSR count). The Morgan fingerprint density at radius 1 is 1.44 bits per heavy atom. The number of amides is 1. The van der Waals surface area contributed by atoms with Gasteiger partial charge in [0.05, 0.1) is 12.2 Å². The number of nitrogens with two attached hydrogens (primary N) is 1. The lowest BCUT2D eigenvalue weighted by Gasteiger charge is -2.38. The number of carbonyl (C=O) groups is 1. The molecule has 0 aromatic carbocycles. The number of methoxy groups -OCH3 is 1. The van der Waals surface area contributed by atoms with Crippen molar-refractivity contribution < 1.29 is 19.4 Å². The van der Waals surface area contributed by atoms with Gasteiger partial charge in [-0.1, -0.05) is 0 Å². The fourth-order valence-electron chi connectivity index (χ4n) is 2.84. The van der Waals surface area contributed by atoms with Crippen LogP contribution in [0, 0.1) is 5.92 Å². The quantitative estimate of drug-likeness (QED) is 0.789. The standard InChI is InChI=1S/C13H25NO4/c1-12(2,18-11(14)15)8-10-4-6-13(16,7-5-10)9-17-3/h10,16H,4-9H2,1-3H3,(H2,14,15). The Morgan fingerprint density at radius 2 is 2.00 bits per heavy atom. The third-order valence-electron chi connectivity index (χ3n) is 3.61. The van der Waals surface area contributed by atoms with Crippen molar-refractivity contribution in [3.05, 3.63) is 0 Å². The first kappa shape index (κ1) is 15.2. The van der Waals surface area contributed by atoms with Gasteiger partial charge in [0.15, 0.2) is 0 Å². The van der Waals surface area contributed by atoms with Gasteiger partial charge in [-0.15, -0.1) is 0 Å². The Labute approximate surface area is 109 Å². The molecule has 18 heavy (non-hydrogen) atoms. The van der Waals surface area contributed by atoms with Crippen LogP contribution in [0.4, 0.5) is 4.79 Å². The van der Waals surface area contributed by atoms with Gasteiger partial charge in [-0.2, -0.15) is 0 Å². The summed E-state index contributed by atoms with van der Waals surface area (Å²) >= 11 is 0. The number of carbonyl (C=O) groups excluding carboxylic acids is 1. The van der Waals surface area contributed by atoms with Crippen LogP contribution in [0.15, 0.2) is 0 Å². The summed E-state index contributed by atoms with van der Waals surface area (Å²) in [7, 11) is 1.61. The van der Waals surface area contributed by atoms with Crippen LogP contribution in [0.1, 0.15) is 46.0 Å². The minimum Gasteiger partial charge on any atom is -0.444 e. The summed E-state index contributed by atoms with van der Waals surface area (Å²) < 4.78 is 10.1. The van der Waals surface area contributed by atoms with Crippen LogP contribution in [0.5, 0.6) is 0 Å². The topological polar surface area (TPSA) is 81.8 Å². The zero-order valence-electron chi connectivity index (χ0n) is 11.6. The van der Waals surface area contributed by atoms with Crippen LogP contribution < -0.4 is 5.73 Å². The Balaban J connectivity index is 2.41. The molecular weight excluding hydrogens is 234 g/mol. The lowest BCUT2D eigenvalue weighted by atomic mass is 9.75. The summed E-state index contributed by atoms with van der Waals surface area (Å²) in [6, 6.07) is 0. The lowest BCUT2D eigenvalue weighted by molar-refractivity contribution is -0.0713. The van der Waals surface area contributed by atoms with Crippen molar-refractivity contribution in [3.63, 3.8) is 0 Å². The third-order valence-corrected chi connectivity index (χ3v) is 3.61. The molecule has 1 fully saturated rings. The molecule has 1 saturated carbocycles. The van der Waals surface area contributed by atoms with Crippen LogP contribution in [0.3, 0.4) is 0 Å². The zero-order chi connectivity index (χ0) is 13.8. The molecule has 0 heterocycles. The molecule has 0 spiro atoms. The first-order valence-corrected chi connectivity index (χ1v) is 6.46. The molecule has 5 nitrogen and oxygen atoms in total. The highest BCUT2D eigenvalue weighted by molar-refractivity contribution is 5.65. The maximum Gasteiger partial charge on any atom is 0.405 e. The van der Waals surface area contributed by atoms with Crippen molar-refractivity contribution in [3.8, 4) is 0 Å². The maximum absolute atomic E-state index is 10.8. The highest BCUT2D eigenvalue weighted by Gasteiger charge is 2.36. The predicted octanol–water partition coefficient (Wildman–Crippen LogP) is 1.82. The summed E-state index contributed by atoms with van der Waals surface area (Å²) in [6.45, 7) is 4.13. The van der Waals surface area contributed by atoms with Gasteiger partial charge in [0.25, 0.3) is 0 Å². The van der Waals surface area contributed by atoms with Gasteiger partial charge in [0, 0.05) is 7.11 Å². The molecule has 1 amide bonds. The largest absolute Gasteiger partial charge is 0.444 e. The van der Waals surface area contributed by atoms with E-state index in [1.165, 1.54) is 0 Å². The average molecular weight is 259 g/mol. The fraction of sp³-hybridized carbons (Fsp3) is 0.923. The summed E-state index contributed by atoms with van der Waals surface area (Å²) in [5.41, 5.74) is 3.83. The highest BCUT2D eigenvalue weighted by Crippen LogP contribution is 2.37. The molecular formula is C13H25NO4. The van der Waals surface area contributed by atoms with Crippen molar-refractivity contribution >= 4 is 6.09 Å². The average Bonchev–Trinajstić information content (AvgIpc) is 2.20. The van der Waals surface area contributed by atoms with Gasteiger partial charge in [0.2, 0.25) is 0 Å². The van der Waals surface area contributed by atoms with Crippen molar-refractivity contribution in [1.29, 1.82) is 0 Å². The molecule has 0 unspecified atom stereocenters. The summed E-state index contributed by atoms with van der Waals surface area (Å²) in [5.74, 6) is 0.455. The SMILES string of the molecule is COCC1(O)CCC(CC(C)(C)OC(N)=O)CC1. The zero-order valence-corrected chi connectivity index (χ0v) is 11.6. The first-order valence-electron chi connectivity index (χ1n) is 6.46. The monoisotopic (exact) mass is 259 g/mol. The van der Waals surface area contributed by atoms with Gasteiger partial charge in [-0.05, 0) is 51.9 Å². The second-order valence-electron chi connectivity index (χ2n) is 5.99. The molecule has 1 aliphatic carbocycles. The Hall–Kier alpha value is -0.810. The number of primary amides is 1. The minimum absolute atomic E-state index is 0.390. The van der Waals surface area contributed by atoms with Gasteiger partial charge in [-0.25, -0.2) is 4.79 Å². The van der Waals surface area contributed by atoms with E-state index in [0.29, 0.717) is 12.5 Å². The molecule has 0 saturated heterocycles. The lowest BCUT2D eigenvalue weighted by Crippen LogP contribution is -2.40. The maximum atomic E-state index is 10.8. The molecule has 106 valence electrons. The molecule has 0 aliphatic heterocycles. The van der Waals surface area contributed by atoms with Crippen LogP contribution in [0.25, 0.3) is 0 Å². The smallest absolute Gasteiger partial charge is 0.405 e. The van der Waals surface area contributed by atoms with E-state index in [1.807, 2.05) is 13.8 Å². The van der Waals surface area contributed by atoms with Crippen LogP contribution in [-0.2, 0) is 9.47 Å². The number of ether oxygens (including phenoxy) is 2. The first-order chi connectivity index (χ1) is 8.26. The van der Waals surface area contributed by atoms with E-state index in [9.17, 15) is 9.90 Å². The third kappa shape index (κ3) is 4.82. The Bertz CT molecular complexity index is 283. The molecule has 0 aromatic rings. The molecule has 5 heteroatoms. The van der Waals surface area contributed by atoms with Crippen LogP contribution in [-0.4, -0.2) is 36.1 Å². The molecule has 1 aliphatic rings. The second kappa shape index (κ2) is 5.89. The van der Waals surface area contributed by atoms with E-state index < -0.39 is 17.3 Å². The summed E-state index contributed by atoms with van der Waals surface area (Å²) in [6.07, 6.45) is 3.36. The fourth-order valence-corrected chi connectivity index (χ4v) is 2.84. The normalized spacial score (nSPS) is 29.0. The van der Waals surface area contributed by atoms with E-state index >= 15 is 0 Å². The Morgan fingerprint density at radius 3 is 2.44 bits per heavy atom. The van der Waals surface area contributed by atoms with Gasteiger partial charge < -0.3 is 20.3 Å². The Kier molecular flexibility index (Phi) is 4.99. The number of hydrogen-bond acceptors (Lipinski definition) is 4. The molecule has 0 atom stereocenters. The molecule has 0 aromatic heterocycles. The molecule has 0 bridgehead atoms.